The number of rotatable bonds is 18. The van der Waals surface area contributed by atoms with Crippen molar-refractivity contribution >= 4 is 13.8 Å². The van der Waals surface area contributed by atoms with Crippen LogP contribution < -0.4 is 14.6 Å². The lowest BCUT2D eigenvalue weighted by Gasteiger charge is -2.42. The van der Waals surface area contributed by atoms with Crippen LogP contribution in [0, 0.1) is 0 Å². The second kappa shape index (κ2) is 14.6. The monoisotopic (exact) mass is 491 g/mol. The molecule has 1 rings (SSSR count). The van der Waals surface area contributed by atoms with E-state index in [1.165, 1.54) is 0 Å². The molecular formula is C22H38NO9P. The Labute approximate surface area is 196 Å². The number of carboxylic acid groups (broad SMARTS) is 1. The fourth-order valence-electron chi connectivity index (χ4n) is 2.80. The van der Waals surface area contributed by atoms with Gasteiger partial charge >= 0.3 is 13.8 Å². The van der Waals surface area contributed by atoms with Crippen LogP contribution in [0.2, 0.25) is 0 Å². The number of phosphoric acid groups is 1. The van der Waals surface area contributed by atoms with E-state index in [-0.39, 0.29) is 11.1 Å². The third-order valence-electron chi connectivity index (χ3n) is 4.61. The van der Waals surface area contributed by atoms with Gasteiger partial charge in [0.25, 0.3) is 0 Å². The van der Waals surface area contributed by atoms with Gasteiger partial charge in [-0.25, -0.2) is 4.57 Å². The van der Waals surface area contributed by atoms with Crippen LogP contribution in [0.3, 0.4) is 0 Å². The van der Waals surface area contributed by atoms with E-state index in [1.54, 1.807) is 21.1 Å². The van der Waals surface area contributed by atoms with Crippen LogP contribution in [0.4, 0.5) is 0 Å². The molecule has 0 aliphatic rings. The molecule has 10 nitrogen and oxygen atoms in total. The predicted octanol–water partition coefficient (Wildman–Crippen LogP) is 2.78. The normalized spacial score (nSPS) is 15.5. The standard InChI is InChI=1S/C22H38NO9P/c1-5-6-13-29-18-11-10-12-19(16-18)30-14-8-7-9-15-31-33(27,28)32-20(17-21(24)25)22(26)23(2,3)4/h10-12,16,20,22H,5-9,13-15,17H2,1-4H3,(H,24,25)(H,27,28)/t20-,22?/m1/s1. The van der Waals surface area contributed by atoms with E-state index < -0.39 is 32.5 Å². The van der Waals surface area contributed by atoms with Gasteiger partial charge in [-0.15, -0.1) is 0 Å². The molecule has 0 aromatic heterocycles. The van der Waals surface area contributed by atoms with Crippen molar-refractivity contribution in [1.82, 2.24) is 0 Å². The van der Waals surface area contributed by atoms with Gasteiger partial charge < -0.3 is 29.1 Å². The molecule has 0 amide bonds. The number of hydrogen-bond acceptors (Lipinski definition) is 7. The van der Waals surface area contributed by atoms with Gasteiger partial charge in [-0.2, -0.15) is 0 Å². The van der Waals surface area contributed by atoms with Gasteiger partial charge in [-0.1, -0.05) is 19.4 Å². The number of hydrogen-bond donors (Lipinski definition) is 2. The van der Waals surface area contributed by atoms with Gasteiger partial charge in [0.05, 0.1) is 47.4 Å². The van der Waals surface area contributed by atoms with Crippen molar-refractivity contribution < 1.29 is 47.5 Å². The van der Waals surface area contributed by atoms with E-state index in [0.717, 1.165) is 18.6 Å². The quantitative estimate of drug-likeness (QED) is 0.138. The van der Waals surface area contributed by atoms with Gasteiger partial charge in [-0.3, -0.25) is 13.8 Å². The number of quaternary nitrogens is 1. The Bertz CT molecular complexity index is 754. The smallest absolute Gasteiger partial charge is 0.472 e. The average molecular weight is 492 g/mol. The summed E-state index contributed by atoms with van der Waals surface area (Å²) in [6, 6.07) is 7.44. The first-order valence-electron chi connectivity index (χ1n) is 11.1. The maximum absolute atomic E-state index is 12.4. The molecule has 0 saturated heterocycles. The topological polar surface area (TPSA) is 135 Å². The van der Waals surface area contributed by atoms with Crippen molar-refractivity contribution in [1.29, 1.82) is 0 Å². The molecule has 11 heteroatoms. The Hall–Kier alpha value is -1.68. The minimum absolute atomic E-state index is 0.0672. The van der Waals surface area contributed by atoms with Crippen molar-refractivity contribution in [2.45, 2.75) is 57.8 Å². The van der Waals surface area contributed by atoms with E-state index >= 15 is 0 Å². The minimum atomic E-state index is -4.57. The Kier molecular flexibility index (Phi) is 12.9. The number of unbranched alkanes of at least 4 members (excludes halogenated alkanes) is 3. The Morgan fingerprint density at radius 3 is 2.18 bits per heavy atom. The summed E-state index contributed by atoms with van der Waals surface area (Å²) in [6.45, 7) is 3.17. The van der Waals surface area contributed by atoms with Gasteiger partial charge in [0.1, 0.15) is 17.6 Å². The van der Waals surface area contributed by atoms with Gasteiger partial charge in [0, 0.05) is 12.3 Å². The van der Waals surface area contributed by atoms with Crippen molar-refractivity contribution in [3.8, 4) is 11.5 Å². The summed E-state index contributed by atoms with van der Waals surface area (Å²) in [4.78, 5) is 20.9. The molecule has 3 atom stereocenters. The number of aliphatic carboxylic acids is 1. The van der Waals surface area contributed by atoms with Crippen LogP contribution in [0.1, 0.15) is 45.4 Å². The van der Waals surface area contributed by atoms with E-state index in [4.69, 9.17) is 23.6 Å². The van der Waals surface area contributed by atoms with E-state index in [1.807, 2.05) is 24.3 Å². The molecule has 1 aromatic rings. The Morgan fingerprint density at radius 2 is 1.64 bits per heavy atom. The number of carboxylic acids is 1. The number of carbonyl (C=O) groups is 1. The highest BCUT2D eigenvalue weighted by molar-refractivity contribution is 7.47. The summed E-state index contributed by atoms with van der Waals surface area (Å²) in [5.41, 5.74) is 0. The lowest BCUT2D eigenvalue weighted by atomic mass is 10.2. The minimum Gasteiger partial charge on any atom is -0.804 e. The summed E-state index contributed by atoms with van der Waals surface area (Å²) in [5, 5.41) is 21.4. The molecule has 0 saturated carbocycles. The third kappa shape index (κ3) is 13.0. The third-order valence-corrected chi connectivity index (χ3v) is 5.66. The van der Waals surface area contributed by atoms with Crippen LogP contribution in [-0.2, 0) is 18.4 Å². The highest BCUT2D eigenvalue weighted by atomic mass is 31.2. The summed E-state index contributed by atoms with van der Waals surface area (Å²) in [7, 11) is 0.0896. The zero-order valence-electron chi connectivity index (χ0n) is 20.0. The van der Waals surface area contributed by atoms with E-state index in [9.17, 15) is 19.4 Å². The van der Waals surface area contributed by atoms with Crippen LogP contribution >= 0.6 is 7.82 Å². The van der Waals surface area contributed by atoms with E-state index in [0.29, 0.717) is 38.2 Å². The lowest BCUT2D eigenvalue weighted by molar-refractivity contribution is -0.973. The molecular weight excluding hydrogens is 453 g/mol. The van der Waals surface area contributed by atoms with Crippen LogP contribution in [-0.4, -0.2) is 73.7 Å². The molecule has 2 unspecified atom stereocenters. The zero-order chi connectivity index (χ0) is 24.9. The van der Waals surface area contributed by atoms with Gasteiger partial charge in [0.15, 0.2) is 0 Å². The summed E-state index contributed by atoms with van der Waals surface area (Å²) < 4.78 is 33.2. The molecule has 0 bridgehead atoms. The molecule has 0 heterocycles. The molecule has 1 aromatic carbocycles. The first-order chi connectivity index (χ1) is 15.4. The Morgan fingerprint density at radius 1 is 1.06 bits per heavy atom. The summed E-state index contributed by atoms with van der Waals surface area (Å²) in [5.74, 6) is 0.176. The number of nitrogens with zero attached hydrogens (tertiary/aromatic N) is 1. The Balaban J connectivity index is 2.34. The molecule has 0 radical (unpaired) electrons. The first-order valence-corrected chi connectivity index (χ1v) is 12.6. The maximum Gasteiger partial charge on any atom is 0.472 e. The van der Waals surface area contributed by atoms with Crippen molar-refractivity contribution in [3.63, 3.8) is 0 Å². The largest absolute Gasteiger partial charge is 0.804 e. The highest BCUT2D eigenvalue weighted by Crippen LogP contribution is 2.45. The molecule has 33 heavy (non-hydrogen) atoms. The van der Waals surface area contributed by atoms with Crippen molar-refractivity contribution in [3.05, 3.63) is 24.3 Å². The maximum atomic E-state index is 12.4. The molecule has 0 aliphatic heterocycles. The summed E-state index contributed by atoms with van der Waals surface area (Å²) >= 11 is 0. The zero-order valence-corrected chi connectivity index (χ0v) is 20.9. The predicted molar refractivity (Wildman–Crippen MR) is 121 cm³/mol. The lowest BCUT2D eigenvalue weighted by Crippen LogP contribution is -2.60. The number of phosphoric ester groups is 1. The second-order valence-corrected chi connectivity index (χ2v) is 10.0. The molecule has 2 N–H and O–H groups in total. The van der Waals surface area contributed by atoms with Crippen LogP contribution in [0.5, 0.6) is 11.5 Å². The number of benzene rings is 1. The van der Waals surface area contributed by atoms with Gasteiger partial charge in [0.2, 0.25) is 0 Å². The fourth-order valence-corrected chi connectivity index (χ4v) is 3.74. The number of ether oxygens (including phenoxy) is 2. The molecule has 190 valence electrons. The van der Waals surface area contributed by atoms with Crippen molar-refractivity contribution in [2.75, 3.05) is 41.0 Å². The summed E-state index contributed by atoms with van der Waals surface area (Å²) in [6.07, 6.45) is 0.131. The van der Waals surface area contributed by atoms with Crippen molar-refractivity contribution in [2.24, 2.45) is 0 Å². The molecule has 0 fully saturated rings. The molecule has 0 spiro atoms. The number of likely N-dealkylation sites (N-methyl/N-ethyl adjacent to an activating group) is 1. The average Bonchev–Trinajstić information content (AvgIpc) is 2.71. The first kappa shape index (κ1) is 29.4. The van der Waals surface area contributed by atoms with Crippen LogP contribution in [0.15, 0.2) is 24.3 Å². The fraction of sp³-hybridized carbons (Fsp3) is 0.682. The highest BCUT2D eigenvalue weighted by Gasteiger charge is 2.34. The molecule has 0 aliphatic carbocycles. The van der Waals surface area contributed by atoms with Gasteiger partial charge in [-0.05, 0) is 37.8 Å². The van der Waals surface area contributed by atoms with Crippen LogP contribution in [0.25, 0.3) is 0 Å². The SMILES string of the molecule is CCCCOc1cccc(OCCCCCOP(=O)(O)O[C@H](CC(=O)O)C([O-])[N+](C)(C)C)c1. The van der Waals surface area contributed by atoms with E-state index in [2.05, 4.69) is 6.92 Å². The second-order valence-electron chi connectivity index (χ2n) is 8.64.